The molecule has 3 aliphatic rings. The van der Waals surface area contributed by atoms with Crippen molar-refractivity contribution in [3.05, 3.63) is 42.1 Å². The van der Waals surface area contributed by atoms with Gasteiger partial charge in [0.15, 0.2) is 12.3 Å². The number of rotatable bonds is 13. The number of nitrogens with zero attached hydrogens (tertiary/aromatic N) is 5. The van der Waals surface area contributed by atoms with Crippen molar-refractivity contribution in [3.8, 4) is 11.6 Å². The Bertz CT molecular complexity index is 1440. The van der Waals surface area contributed by atoms with Crippen LogP contribution < -0.4 is 15.4 Å². The molecule has 3 heterocycles. The Kier molecular flexibility index (Phi) is 11.9. The Hall–Kier alpha value is -4.66. The van der Waals surface area contributed by atoms with Gasteiger partial charge in [0.2, 0.25) is 17.7 Å². The molecule has 0 spiro atoms. The van der Waals surface area contributed by atoms with Crippen LogP contribution in [0.3, 0.4) is 0 Å². The van der Waals surface area contributed by atoms with Crippen molar-refractivity contribution >= 4 is 29.8 Å². The molecule has 2 atom stereocenters. The topological polar surface area (TPSA) is 165 Å². The number of hydroxylamine groups is 2. The van der Waals surface area contributed by atoms with E-state index in [1.807, 2.05) is 25.1 Å². The lowest BCUT2D eigenvalue weighted by Gasteiger charge is -2.35. The van der Waals surface area contributed by atoms with E-state index in [9.17, 15) is 24.0 Å². The number of hydrogen-bond acceptors (Lipinski definition) is 10. The van der Waals surface area contributed by atoms with Gasteiger partial charge in [-0.2, -0.15) is 5.10 Å². The minimum Gasteiger partial charge on any atom is -0.467 e. The molecule has 2 aliphatic heterocycles. The zero-order valence-corrected chi connectivity index (χ0v) is 27.6. The number of nitrogens with one attached hydrogen (secondary N) is 2. The molecule has 3 fully saturated rings. The summed E-state index contributed by atoms with van der Waals surface area (Å²) in [5, 5.41) is 11.8. The molecule has 15 heteroatoms. The molecule has 1 aromatic carbocycles. The third-order valence-electron chi connectivity index (χ3n) is 8.78. The van der Waals surface area contributed by atoms with Crippen LogP contribution in [0.1, 0.15) is 69.3 Å². The Labute approximate surface area is 279 Å². The zero-order valence-electron chi connectivity index (χ0n) is 27.6. The predicted molar refractivity (Wildman–Crippen MR) is 172 cm³/mol. The van der Waals surface area contributed by atoms with Gasteiger partial charge in [0.05, 0.1) is 25.4 Å². The summed E-state index contributed by atoms with van der Waals surface area (Å²) in [6, 6.07) is 9.36. The lowest BCUT2D eigenvalue weighted by molar-refractivity contribution is -0.157. The van der Waals surface area contributed by atoms with Crippen molar-refractivity contribution < 1.29 is 38.3 Å². The molecule has 1 saturated carbocycles. The van der Waals surface area contributed by atoms with Crippen LogP contribution in [-0.2, 0) is 24.0 Å². The van der Waals surface area contributed by atoms with Crippen molar-refractivity contribution in [2.24, 2.45) is 0 Å². The molecule has 0 bridgehead atoms. The van der Waals surface area contributed by atoms with Crippen molar-refractivity contribution in [2.75, 3.05) is 45.9 Å². The summed E-state index contributed by atoms with van der Waals surface area (Å²) in [6.45, 7) is 5.17. The first-order chi connectivity index (χ1) is 23.3. The minimum atomic E-state index is -0.800. The fourth-order valence-corrected chi connectivity index (χ4v) is 5.99. The second-order valence-corrected chi connectivity index (χ2v) is 12.1. The second kappa shape index (κ2) is 16.4. The van der Waals surface area contributed by atoms with E-state index >= 15 is 0 Å². The number of carbonyl (C=O) groups is 5. The van der Waals surface area contributed by atoms with Crippen molar-refractivity contribution in [2.45, 2.75) is 76.9 Å². The smallest absolute Gasteiger partial charge is 0.467 e. The van der Waals surface area contributed by atoms with Crippen LogP contribution >= 0.6 is 0 Å². The van der Waals surface area contributed by atoms with E-state index in [-0.39, 0.29) is 48.6 Å². The summed E-state index contributed by atoms with van der Waals surface area (Å²) >= 11 is 0. The van der Waals surface area contributed by atoms with E-state index in [1.165, 1.54) is 15.8 Å². The molecule has 5 rings (SSSR count). The molecule has 1 aliphatic carbocycles. The maximum atomic E-state index is 13.5. The third-order valence-corrected chi connectivity index (χ3v) is 8.78. The van der Waals surface area contributed by atoms with Gasteiger partial charge in [-0.05, 0) is 57.6 Å². The van der Waals surface area contributed by atoms with E-state index in [2.05, 4.69) is 15.7 Å². The van der Waals surface area contributed by atoms with Gasteiger partial charge in [-0.3, -0.25) is 19.2 Å². The molecule has 15 nitrogen and oxygen atoms in total. The Morgan fingerprint density at radius 1 is 0.958 bits per heavy atom. The molecule has 2 saturated heterocycles. The van der Waals surface area contributed by atoms with Crippen LogP contribution in [-0.4, -0.2) is 118 Å². The highest BCUT2D eigenvalue weighted by Gasteiger charge is 2.36. The minimum absolute atomic E-state index is 0.0155. The van der Waals surface area contributed by atoms with Gasteiger partial charge >= 0.3 is 6.16 Å². The van der Waals surface area contributed by atoms with Crippen LogP contribution in [0.15, 0.2) is 36.4 Å². The van der Waals surface area contributed by atoms with Crippen LogP contribution in [0.25, 0.3) is 5.69 Å². The maximum Gasteiger partial charge on any atom is 0.527 e. The van der Waals surface area contributed by atoms with Gasteiger partial charge in [0.25, 0.3) is 11.8 Å². The zero-order chi connectivity index (χ0) is 34.0. The molecule has 48 heavy (non-hydrogen) atoms. The first kappa shape index (κ1) is 34.7. The molecule has 1 aromatic heterocycles. The molecular weight excluding hydrogens is 622 g/mol. The molecule has 2 N–H and O–H groups in total. The van der Waals surface area contributed by atoms with Gasteiger partial charge in [-0.15, -0.1) is 5.06 Å². The average Bonchev–Trinajstić information content (AvgIpc) is 3.74. The van der Waals surface area contributed by atoms with Crippen LogP contribution in [0.4, 0.5) is 4.79 Å². The van der Waals surface area contributed by atoms with Crippen molar-refractivity contribution in [3.63, 3.8) is 0 Å². The van der Waals surface area contributed by atoms with Crippen molar-refractivity contribution in [1.29, 1.82) is 0 Å². The number of piperazine rings is 1. The van der Waals surface area contributed by atoms with E-state index in [4.69, 9.17) is 14.3 Å². The van der Waals surface area contributed by atoms with Crippen LogP contribution in [0, 0.1) is 0 Å². The Balaban J connectivity index is 1.23. The molecule has 0 unspecified atom stereocenters. The van der Waals surface area contributed by atoms with Gasteiger partial charge in [0, 0.05) is 31.7 Å². The third kappa shape index (κ3) is 8.62. The van der Waals surface area contributed by atoms with Crippen LogP contribution in [0.5, 0.6) is 5.88 Å². The summed E-state index contributed by atoms with van der Waals surface area (Å²) in [7, 11) is 0. The Morgan fingerprint density at radius 3 is 2.38 bits per heavy atom. The highest BCUT2D eigenvalue weighted by molar-refractivity contribution is 5.96. The number of ether oxygens (including phenoxy) is 2. The molecule has 4 amide bonds. The summed E-state index contributed by atoms with van der Waals surface area (Å²) in [5.41, 5.74) is 0.629. The SMILES string of the molecule is CCC[C@H](NC(=O)c1cc(OCC(=O)N2CCC[C@H]2C(=O)NC2CCC2)n(-c2ccccc2)n1)C(=O)N1CCN(OC(=O)OCC)CC1. The van der Waals surface area contributed by atoms with Crippen molar-refractivity contribution in [1.82, 2.24) is 35.3 Å². The predicted octanol–water partition coefficient (Wildman–Crippen LogP) is 2.04. The first-order valence-electron chi connectivity index (χ1n) is 16.8. The maximum absolute atomic E-state index is 13.5. The van der Waals surface area contributed by atoms with Gasteiger partial charge < -0.3 is 34.7 Å². The summed E-state index contributed by atoms with van der Waals surface area (Å²) in [4.78, 5) is 73.1. The number of aromatic nitrogens is 2. The number of hydrogen-bond donors (Lipinski definition) is 2. The van der Waals surface area contributed by atoms with E-state index < -0.39 is 24.1 Å². The highest BCUT2D eigenvalue weighted by Crippen LogP contribution is 2.24. The fourth-order valence-electron chi connectivity index (χ4n) is 5.99. The van der Waals surface area contributed by atoms with Gasteiger partial charge in [-0.1, -0.05) is 31.5 Å². The number of carbonyl (C=O) groups excluding carboxylic acids is 5. The molecule has 2 aromatic rings. The standard InChI is InChI=1S/C33H45N7O8/c1-3-10-25(32(44)37-17-19-38(20-18-37)48-33(45)46-4-2)35-30(42)26-21-29(40(36-26)24-13-6-5-7-14-24)47-22-28(41)39-16-9-15-27(39)31(43)34-23-11-8-12-23/h5-7,13-14,21,23,25,27H,3-4,8-12,15-20,22H2,1-2H3,(H,34,43)(H,35,42)/t25-,27-/m0/s1. The molecular formula is C33H45N7O8. The second-order valence-electron chi connectivity index (χ2n) is 12.1. The van der Waals surface area contributed by atoms with E-state index in [0.29, 0.717) is 57.7 Å². The first-order valence-corrected chi connectivity index (χ1v) is 16.8. The summed E-state index contributed by atoms with van der Waals surface area (Å²) in [6.07, 6.45) is 4.63. The number of likely N-dealkylation sites (tertiary alicyclic amines) is 1. The lowest BCUT2D eigenvalue weighted by atomic mass is 9.93. The monoisotopic (exact) mass is 667 g/mol. The fraction of sp³-hybridized carbons (Fsp3) is 0.576. The highest BCUT2D eigenvalue weighted by atomic mass is 16.8. The number of para-hydroxylation sites is 1. The quantitative estimate of drug-likeness (QED) is 0.302. The van der Waals surface area contributed by atoms with Gasteiger partial charge in [0.1, 0.15) is 12.1 Å². The normalized spacial score (nSPS) is 18.8. The summed E-state index contributed by atoms with van der Waals surface area (Å²) < 4.78 is 12.2. The molecule has 260 valence electrons. The van der Waals surface area contributed by atoms with E-state index in [1.54, 1.807) is 28.9 Å². The summed E-state index contributed by atoms with van der Waals surface area (Å²) in [5.74, 6) is -1.09. The average molecular weight is 668 g/mol. The largest absolute Gasteiger partial charge is 0.527 e. The number of amides is 4. The van der Waals surface area contributed by atoms with E-state index in [0.717, 1.165) is 25.7 Å². The van der Waals surface area contributed by atoms with Crippen LogP contribution in [0.2, 0.25) is 0 Å². The number of benzene rings is 1. The Morgan fingerprint density at radius 2 is 1.71 bits per heavy atom. The molecule has 0 radical (unpaired) electrons. The lowest BCUT2D eigenvalue weighted by Crippen LogP contribution is -2.55. The van der Waals surface area contributed by atoms with Gasteiger partial charge in [-0.25, -0.2) is 9.48 Å².